The number of rotatable bonds is 10. The molecule has 0 amide bonds. The number of nitrogens with two attached hydrogens (primary N) is 1. The van der Waals surface area contributed by atoms with Gasteiger partial charge in [-0.3, -0.25) is 30.3 Å². The molecule has 0 aliphatic heterocycles. The van der Waals surface area contributed by atoms with Gasteiger partial charge in [0.25, 0.3) is 5.69 Å². The second-order valence-electron chi connectivity index (χ2n) is 5.18. The van der Waals surface area contributed by atoms with E-state index in [1.807, 2.05) is 6.92 Å². The minimum absolute atomic E-state index is 0.153. The maximum Gasteiger partial charge on any atom is 0.328 e. The van der Waals surface area contributed by atoms with Crippen LogP contribution in [0.5, 0.6) is 5.75 Å². The van der Waals surface area contributed by atoms with Crippen LogP contribution in [0, 0.1) is 30.3 Å². The summed E-state index contributed by atoms with van der Waals surface area (Å²) in [6.07, 6.45) is 3.29. The van der Waals surface area contributed by atoms with Crippen LogP contribution in [0.2, 0.25) is 0 Å². The highest BCUT2D eigenvalue weighted by Crippen LogP contribution is 2.40. The van der Waals surface area contributed by atoms with E-state index in [0.717, 1.165) is 24.3 Å². The molecule has 0 spiro atoms. The molecule has 13 heteroatoms. The van der Waals surface area contributed by atoms with Crippen LogP contribution >= 0.6 is 12.2 Å². The van der Waals surface area contributed by atoms with Crippen molar-refractivity contribution in [3.05, 3.63) is 42.5 Å². The van der Waals surface area contributed by atoms with Crippen molar-refractivity contribution >= 4 is 34.4 Å². The molecular weight excluding hydrogens is 370 g/mol. The second-order valence-corrected chi connectivity index (χ2v) is 5.60. The summed E-state index contributed by atoms with van der Waals surface area (Å²) in [5.41, 5.74) is 2.85. The molecule has 2 N–H and O–H groups in total. The topological polar surface area (TPSA) is 168 Å². The third-order valence-electron chi connectivity index (χ3n) is 3.30. The van der Waals surface area contributed by atoms with Crippen molar-refractivity contribution < 1.29 is 19.6 Å². The van der Waals surface area contributed by atoms with Crippen LogP contribution in [-0.4, -0.2) is 31.5 Å². The summed E-state index contributed by atoms with van der Waals surface area (Å²) in [6, 6.07) is 1.16. The van der Waals surface area contributed by atoms with Gasteiger partial charge in [-0.05, 0) is 18.6 Å². The van der Waals surface area contributed by atoms with Gasteiger partial charge < -0.3 is 10.6 Å². The van der Waals surface area contributed by atoms with Gasteiger partial charge in [-0.25, -0.2) is 0 Å². The molecule has 0 unspecified atom stereocenters. The first kappa shape index (κ1) is 21.0. The molecule has 12 nitrogen and oxygen atoms in total. The number of nitro benzene ring substituents is 3. The summed E-state index contributed by atoms with van der Waals surface area (Å²) in [7, 11) is 0. The Morgan fingerprint density at radius 3 is 2.00 bits per heavy atom. The van der Waals surface area contributed by atoms with Gasteiger partial charge in [0.15, 0.2) is 5.11 Å². The second kappa shape index (κ2) is 9.41. The molecule has 0 atom stereocenters. The highest BCUT2D eigenvalue weighted by molar-refractivity contribution is 7.80. The summed E-state index contributed by atoms with van der Waals surface area (Å²) in [5.74, 6) is -0.770. The molecule has 26 heavy (non-hydrogen) atoms. The van der Waals surface area contributed by atoms with Gasteiger partial charge in [-0.2, -0.15) is 5.06 Å². The highest BCUT2D eigenvalue weighted by atomic mass is 32.1. The van der Waals surface area contributed by atoms with Gasteiger partial charge in [0.1, 0.15) is 0 Å². The van der Waals surface area contributed by atoms with E-state index in [0.29, 0.717) is 18.6 Å². The maximum absolute atomic E-state index is 11.2. The van der Waals surface area contributed by atoms with Gasteiger partial charge in [-0.15, -0.1) is 0 Å². The highest BCUT2D eigenvalue weighted by Gasteiger charge is 2.34. The Morgan fingerprint density at radius 1 is 1.08 bits per heavy atom. The van der Waals surface area contributed by atoms with Crippen molar-refractivity contribution in [1.29, 1.82) is 0 Å². The standard InChI is InChI=1S/C13H17N5O7S/c1-2-3-4-5-6-15(13(14)26)25-12-10(17(21)22)7-9(16(19)20)8-11(12)18(23)24/h7-8H,2-6H2,1H3,(H2,14,26). The lowest BCUT2D eigenvalue weighted by atomic mass is 10.2. The summed E-state index contributed by atoms with van der Waals surface area (Å²) in [5, 5.41) is 34.0. The molecule has 142 valence electrons. The molecule has 0 fully saturated rings. The largest absolute Gasteiger partial charge is 0.374 e. The van der Waals surface area contributed by atoms with Gasteiger partial charge in [0.05, 0.1) is 33.4 Å². The van der Waals surface area contributed by atoms with Crippen LogP contribution in [0.3, 0.4) is 0 Å². The smallest absolute Gasteiger partial charge is 0.328 e. The first-order chi connectivity index (χ1) is 12.2. The molecule has 0 radical (unpaired) electrons. The number of non-ortho nitro benzene ring substituents is 1. The number of hydrogen-bond acceptors (Lipinski definition) is 8. The molecule has 0 saturated carbocycles. The first-order valence-electron chi connectivity index (χ1n) is 7.55. The maximum atomic E-state index is 11.2. The minimum atomic E-state index is -1.01. The van der Waals surface area contributed by atoms with Crippen molar-refractivity contribution in [2.45, 2.75) is 32.6 Å². The van der Waals surface area contributed by atoms with E-state index in [1.54, 1.807) is 0 Å². The Morgan fingerprint density at radius 2 is 1.62 bits per heavy atom. The van der Waals surface area contributed by atoms with Crippen molar-refractivity contribution in [3.63, 3.8) is 0 Å². The van der Waals surface area contributed by atoms with E-state index in [9.17, 15) is 30.3 Å². The normalized spacial score (nSPS) is 10.2. The van der Waals surface area contributed by atoms with E-state index in [2.05, 4.69) is 0 Å². The fourth-order valence-corrected chi connectivity index (χ4v) is 2.18. The monoisotopic (exact) mass is 387 g/mol. The van der Waals surface area contributed by atoms with Crippen molar-refractivity contribution in [2.24, 2.45) is 5.73 Å². The predicted molar refractivity (Wildman–Crippen MR) is 94.7 cm³/mol. The molecule has 1 aromatic rings. The van der Waals surface area contributed by atoms with E-state index >= 15 is 0 Å². The number of nitrogens with zero attached hydrogens (tertiary/aromatic N) is 4. The molecule has 1 rings (SSSR count). The Balaban J connectivity index is 3.29. The summed E-state index contributed by atoms with van der Waals surface area (Å²) in [6.45, 7) is 2.16. The summed E-state index contributed by atoms with van der Waals surface area (Å²) < 4.78 is 0. The molecule has 0 saturated heterocycles. The lowest BCUT2D eigenvalue weighted by Crippen LogP contribution is -2.39. The predicted octanol–water partition coefficient (Wildman–Crippen LogP) is 2.83. The molecule has 0 aromatic heterocycles. The molecular formula is C13H17N5O7S. The van der Waals surface area contributed by atoms with E-state index in [-0.39, 0.29) is 11.7 Å². The quantitative estimate of drug-likeness (QED) is 0.272. The first-order valence-corrected chi connectivity index (χ1v) is 7.96. The van der Waals surface area contributed by atoms with Crippen LogP contribution in [0.15, 0.2) is 12.1 Å². The number of unbranched alkanes of at least 4 members (excludes halogenated alkanes) is 3. The lowest BCUT2D eigenvalue weighted by Gasteiger charge is -2.22. The molecule has 0 aliphatic carbocycles. The average Bonchev–Trinajstić information content (AvgIpc) is 2.56. The van der Waals surface area contributed by atoms with Gasteiger partial charge >= 0.3 is 17.1 Å². The van der Waals surface area contributed by atoms with Crippen LogP contribution in [-0.2, 0) is 0 Å². The van der Waals surface area contributed by atoms with Crippen LogP contribution in [0.25, 0.3) is 0 Å². The number of hydrogen-bond donors (Lipinski definition) is 1. The van der Waals surface area contributed by atoms with E-state index in [1.165, 1.54) is 0 Å². The molecule has 0 heterocycles. The summed E-state index contributed by atoms with van der Waals surface area (Å²) >= 11 is 4.81. The molecule has 1 aromatic carbocycles. The van der Waals surface area contributed by atoms with Crippen LogP contribution in [0.1, 0.15) is 32.6 Å². The average molecular weight is 387 g/mol. The Hall–Kier alpha value is -3.09. The Bertz CT molecular complexity index is 692. The zero-order valence-electron chi connectivity index (χ0n) is 13.8. The molecule has 0 aliphatic rings. The summed E-state index contributed by atoms with van der Waals surface area (Å²) in [4.78, 5) is 35.5. The van der Waals surface area contributed by atoms with Gasteiger partial charge in [0.2, 0.25) is 0 Å². The van der Waals surface area contributed by atoms with Crippen molar-refractivity contribution in [1.82, 2.24) is 5.06 Å². The number of benzene rings is 1. The SMILES string of the molecule is CCCCCCN(Oc1c([N+](=O)[O-])cc([N+](=O)[O-])cc1[N+](=O)[O-])C(N)=S. The third kappa shape index (κ3) is 5.47. The Labute approximate surface area is 152 Å². The fourth-order valence-electron chi connectivity index (χ4n) is 2.05. The zero-order valence-corrected chi connectivity index (χ0v) is 14.6. The fraction of sp³-hybridized carbons (Fsp3) is 0.462. The minimum Gasteiger partial charge on any atom is -0.374 e. The van der Waals surface area contributed by atoms with Gasteiger partial charge in [0, 0.05) is 0 Å². The van der Waals surface area contributed by atoms with Crippen LogP contribution < -0.4 is 10.6 Å². The van der Waals surface area contributed by atoms with Crippen molar-refractivity contribution in [3.8, 4) is 5.75 Å². The number of thiocarbonyl (C=S) groups is 1. The lowest BCUT2D eigenvalue weighted by molar-refractivity contribution is -0.405. The van der Waals surface area contributed by atoms with Crippen LogP contribution in [0.4, 0.5) is 17.1 Å². The third-order valence-corrected chi connectivity index (χ3v) is 3.50. The van der Waals surface area contributed by atoms with E-state index in [4.69, 9.17) is 22.8 Å². The van der Waals surface area contributed by atoms with Gasteiger partial charge in [-0.1, -0.05) is 26.2 Å². The molecule has 0 bridgehead atoms. The van der Waals surface area contributed by atoms with E-state index < -0.39 is 37.6 Å². The Kier molecular flexibility index (Phi) is 7.58. The van der Waals surface area contributed by atoms with Crippen molar-refractivity contribution in [2.75, 3.05) is 6.54 Å². The number of hydroxylamine groups is 2. The zero-order chi connectivity index (χ0) is 19.9. The number of nitro groups is 3.